The number of hydrogen-bond donors (Lipinski definition) is 2. The number of hydrogen-bond acceptors (Lipinski definition) is 5. The summed E-state index contributed by atoms with van der Waals surface area (Å²) < 4.78 is 0. The molecule has 166 valence electrons. The number of thiocarbonyl (C=S) groups is 1. The van der Waals surface area contributed by atoms with Gasteiger partial charge < -0.3 is 10.6 Å². The van der Waals surface area contributed by atoms with Crippen molar-refractivity contribution in [3.63, 3.8) is 0 Å². The Kier molecular flexibility index (Phi) is 9.82. The molecule has 0 heterocycles. The summed E-state index contributed by atoms with van der Waals surface area (Å²) in [7, 11) is 0. The van der Waals surface area contributed by atoms with Crippen LogP contribution in [0.3, 0.4) is 0 Å². The van der Waals surface area contributed by atoms with Crippen molar-refractivity contribution in [2.24, 2.45) is 5.73 Å². The average Bonchev–Trinajstić information content (AvgIpc) is 2.79. The van der Waals surface area contributed by atoms with E-state index in [9.17, 15) is 14.8 Å². The van der Waals surface area contributed by atoms with E-state index in [-0.39, 0.29) is 29.4 Å². The lowest BCUT2D eigenvalue weighted by atomic mass is 9.89. The summed E-state index contributed by atoms with van der Waals surface area (Å²) in [5.74, 6) is 0.209. The lowest BCUT2D eigenvalue weighted by Gasteiger charge is -2.16. The molecule has 2 aromatic carbocycles. The number of Topliss-reactive ketones (excluding diaryl/α,β-unsaturated/α-hetero) is 2. The highest BCUT2D eigenvalue weighted by atomic mass is 32.1. The first-order valence-electron chi connectivity index (χ1n) is 10.8. The molecule has 0 bridgehead atoms. The number of rotatable bonds is 13. The quantitative estimate of drug-likeness (QED) is 0.179. The van der Waals surface area contributed by atoms with Crippen LogP contribution in [0.4, 0.5) is 0 Å². The number of ketones is 2. The first kappa shape index (κ1) is 24.7. The van der Waals surface area contributed by atoms with E-state index in [4.69, 9.17) is 18.0 Å². The second-order valence-corrected chi connectivity index (χ2v) is 8.14. The average molecular weight is 442 g/mol. The largest absolute Gasteiger partial charge is 0.389 e. The number of aryl methyl sites for hydroxylation is 2. The smallest absolute Gasteiger partial charge is 0.165 e. The molecule has 0 saturated carbocycles. The van der Waals surface area contributed by atoms with E-state index in [1.807, 2.05) is 0 Å². The molecule has 0 amide bonds. The third-order valence-corrected chi connectivity index (χ3v) is 5.57. The summed E-state index contributed by atoms with van der Waals surface area (Å²) >= 11 is 4.94. The third-order valence-electron chi connectivity index (χ3n) is 5.33. The maximum absolute atomic E-state index is 13.2. The number of unbranched alkanes of at least 4 members (excludes halogenated alkanes) is 2. The van der Waals surface area contributed by atoms with Gasteiger partial charge in [0.1, 0.15) is 4.99 Å². The minimum atomic E-state index is -0.0941. The fourth-order valence-electron chi connectivity index (χ4n) is 3.59. The van der Waals surface area contributed by atoms with Crippen LogP contribution < -0.4 is 10.6 Å². The van der Waals surface area contributed by atoms with Crippen LogP contribution in [0.2, 0.25) is 0 Å². The maximum atomic E-state index is 13.2. The molecule has 0 unspecified atom stereocenters. The van der Waals surface area contributed by atoms with Gasteiger partial charge in [0, 0.05) is 29.5 Å². The van der Waals surface area contributed by atoms with Crippen molar-refractivity contribution in [1.82, 2.24) is 0 Å². The first-order chi connectivity index (χ1) is 14.9. The van der Waals surface area contributed by atoms with Crippen LogP contribution in [0.25, 0.3) is 0 Å². The van der Waals surface area contributed by atoms with Crippen molar-refractivity contribution in [1.29, 1.82) is 0 Å². The van der Waals surface area contributed by atoms with E-state index >= 15 is 0 Å². The van der Waals surface area contributed by atoms with Gasteiger partial charge in [0.2, 0.25) is 0 Å². The van der Waals surface area contributed by atoms with Crippen molar-refractivity contribution in [3.05, 3.63) is 64.2 Å². The third kappa shape index (κ3) is 6.97. The van der Waals surface area contributed by atoms with E-state index in [0.29, 0.717) is 22.4 Å². The van der Waals surface area contributed by atoms with Gasteiger partial charge in [-0.25, -0.2) is 5.26 Å². The zero-order chi connectivity index (χ0) is 22.8. The topological polar surface area (TPSA) is 89.6 Å². The van der Waals surface area contributed by atoms with Crippen molar-refractivity contribution >= 4 is 28.8 Å². The van der Waals surface area contributed by atoms with Crippen LogP contribution in [0.1, 0.15) is 89.8 Å². The molecule has 0 aromatic heterocycles. The van der Waals surface area contributed by atoms with Crippen LogP contribution in [-0.2, 0) is 12.8 Å². The standard InChI is InChI=1S/C25H31NO4S/c1-3-5-7-19-15-21(30-29)16-20(8-6-4-2)24(19)23(28)14-13-22(27)17-9-11-18(12-10-17)25(26)31/h9-12,15-16,29H,3-8,13-14H2,1-2H3,(H2,26,31). The van der Waals surface area contributed by atoms with E-state index in [1.54, 1.807) is 36.4 Å². The minimum absolute atomic E-state index is 0.0465. The predicted molar refractivity (Wildman–Crippen MR) is 127 cm³/mol. The second kappa shape index (κ2) is 12.3. The highest BCUT2D eigenvalue weighted by Gasteiger charge is 2.20. The Balaban J connectivity index is 2.23. The van der Waals surface area contributed by atoms with E-state index in [0.717, 1.165) is 49.7 Å². The molecule has 3 N–H and O–H groups in total. The van der Waals surface area contributed by atoms with Gasteiger partial charge in [0.15, 0.2) is 17.3 Å². The molecular weight excluding hydrogens is 410 g/mol. The predicted octanol–water partition coefficient (Wildman–Crippen LogP) is 5.70. The lowest BCUT2D eigenvalue weighted by molar-refractivity contribution is -0.137. The molecule has 2 aromatic rings. The Hall–Kier alpha value is -2.57. The van der Waals surface area contributed by atoms with Crippen molar-refractivity contribution in [2.45, 2.75) is 65.2 Å². The fraction of sp³-hybridized carbons (Fsp3) is 0.400. The highest BCUT2D eigenvalue weighted by molar-refractivity contribution is 7.80. The van der Waals surface area contributed by atoms with E-state index in [2.05, 4.69) is 18.7 Å². The molecular formula is C25H31NO4S. The van der Waals surface area contributed by atoms with Gasteiger partial charge in [-0.3, -0.25) is 9.59 Å². The zero-order valence-electron chi connectivity index (χ0n) is 18.3. The number of carbonyl (C=O) groups is 2. The first-order valence-corrected chi connectivity index (χ1v) is 11.3. The molecule has 0 atom stereocenters. The molecule has 0 aliphatic carbocycles. The van der Waals surface area contributed by atoms with Crippen molar-refractivity contribution in [2.75, 3.05) is 0 Å². The monoisotopic (exact) mass is 441 g/mol. The molecule has 0 radical (unpaired) electrons. The summed E-state index contributed by atoms with van der Waals surface area (Å²) in [4.78, 5) is 30.6. The van der Waals surface area contributed by atoms with Crippen molar-refractivity contribution in [3.8, 4) is 5.75 Å². The Morgan fingerprint density at radius 1 is 0.903 bits per heavy atom. The number of nitrogens with two attached hydrogens (primary N) is 1. The van der Waals surface area contributed by atoms with E-state index < -0.39 is 0 Å². The number of carbonyl (C=O) groups excluding carboxylic acids is 2. The summed E-state index contributed by atoms with van der Waals surface area (Å²) in [6.45, 7) is 4.18. The van der Waals surface area contributed by atoms with Crippen LogP contribution in [0.15, 0.2) is 36.4 Å². The second-order valence-electron chi connectivity index (χ2n) is 7.70. The summed E-state index contributed by atoms with van der Waals surface area (Å²) in [5.41, 5.74) is 9.26. The molecule has 6 heteroatoms. The van der Waals surface area contributed by atoms with Crippen LogP contribution in [0, 0.1) is 0 Å². The number of benzene rings is 2. The lowest BCUT2D eigenvalue weighted by Crippen LogP contribution is -2.12. The van der Waals surface area contributed by atoms with Gasteiger partial charge >= 0.3 is 0 Å². The fourth-order valence-corrected chi connectivity index (χ4v) is 3.73. The summed E-state index contributed by atoms with van der Waals surface area (Å²) in [5, 5.41) is 9.18. The molecule has 0 fully saturated rings. The normalized spacial score (nSPS) is 10.7. The molecule has 0 aliphatic rings. The summed E-state index contributed by atoms with van der Waals surface area (Å²) in [6, 6.07) is 10.3. The molecule has 0 aliphatic heterocycles. The van der Waals surface area contributed by atoms with Gasteiger partial charge in [0.05, 0.1) is 0 Å². The SMILES string of the molecule is CCCCc1cc(OO)cc(CCCC)c1C(=O)CCC(=O)c1ccc(C(N)=S)cc1. The van der Waals surface area contributed by atoms with Gasteiger partial charge in [-0.1, -0.05) is 63.2 Å². The van der Waals surface area contributed by atoms with Crippen molar-refractivity contribution < 1.29 is 19.7 Å². The highest BCUT2D eigenvalue weighted by Crippen LogP contribution is 2.27. The van der Waals surface area contributed by atoms with Gasteiger partial charge in [0.25, 0.3) is 0 Å². The zero-order valence-corrected chi connectivity index (χ0v) is 19.1. The van der Waals surface area contributed by atoms with E-state index in [1.165, 1.54) is 0 Å². The molecule has 0 spiro atoms. The van der Waals surface area contributed by atoms with Gasteiger partial charge in [-0.05, 0) is 48.9 Å². The Morgan fingerprint density at radius 2 is 1.39 bits per heavy atom. The summed E-state index contributed by atoms with van der Waals surface area (Å²) in [6.07, 6.45) is 5.54. The van der Waals surface area contributed by atoms with Gasteiger partial charge in [-0.2, -0.15) is 0 Å². The van der Waals surface area contributed by atoms with Crippen LogP contribution in [-0.4, -0.2) is 21.8 Å². The Morgan fingerprint density at radius 3 is 1.84 bits per heavy atom. The molecule has 0 saturated heterocycles. The minimum Gasteiger partial charge on any atom is -0.389 e. The molecule has 5 nitrogen and oxygen atoms in total. The van der Waals surface area contributed by atoms with Gasteiger partial charge in [-0.15, -0.1) is 0 Å². The molecule has 31 heavy (non-hydrogen) atoms. The molecule has 2 rings (SSSR count). The maximum Gasteiger partial charge on any atom is 0.165 e. The Bertz CT molecular complexity index is 893. The Labute approximate surface area is 189 Å². The van der Waals surface area contributed by atoms with Crippen LogP contribution >= 0.6 is 12.2 Å². The van der Waals surface area contributed by atoms with Crippen LogP contribution in [0.5, 0.6) is 5.75 Å².